The van der Waals surface area contributed by atoms with Crippen molar-refractivity contribution < 1.29 is 24.7 Å². The second kappa shape index (κ2) is 5.90. The Hall–Kier alpha value is -2.45. The second-order valence-electron chi connectivity index (χ2n) is 4.37. The molecule has 1 heterocycles. The smallest absolute Gasteiger partial charge is 0.338 e. The van der Waals surface area contributed by atoms with Crippen LogP contribution in [-0.4, -0.2) is 38.8 Å². The summed E-state index contributed by atoms with van der Waals surface area (Å²) in [5, 5.41) is 31.0. The Morgan fingerprint density at radius 2 is 2.19 bits per heavy atom. The van der Waals surface area contributed by atoms with Crippen LogP contribution in [0.1, 0.15) is 18.6 Å². The van der Waals surface area contributed by atoms with Crippen LogP contribution < -0.4 is 0 Å². The zero-order chi connectivity index (χ0) is 15.6. The number of benzene rings is 1. The fraction of sp³-hybridized carbons (Fsp3) is 0.308. The molecule has 2 rings (SSSR count). The molecule has 0 radical (unpaired) electrons. The van der Waals surface area contributed by atoms with E-state index in [2.05, 4.69) is 9.72 Å². The van der Waals surface area contributed by atoms with Gasteiger partial charge in [0, 0.05) is 34.8 Å². The van der Waals surface area contributed by atoms with Crippen molar-refractivity contribution in [2.75, 3.05) is 6.61 Å². The number of esters is 1. The van der Waals surface area contributed by atoms with Crippen molar-refractivity contribution in [1.29, 1.82) is 0 Å². The topological polar surface area (TPSA) is 126 Å². The lowest BCUT2D eigenvalue weighted by Gasteiger charge is -2.15. The first-order chi connectivity index (χ1) is 9.95. The fourth-order valence-corrected chi connectivity index (χ4v) is 2.02. The van der Waals surface area contributed by atoms with E-state index in [1.165, 1.54) is 24.4 Å². The summed E-state index contributed by atoms with van der Waals surface area (Å²) in [6.07, 6.45) is -1.91. The number of hydrogen-bond donors (Lipinski definition) is 3. The Morgan fingerprint density at radius 3 is 2.81 bits per heavy atom. The van der Waals surface area contributed by atoms with E-state index < -0.39 is 23.1 Å². The number of nitrogens with one attached hydrogen (secondary N) is 1. The van der Waals surface area contributed by atoms with Gasteiger partial charge < -0.3 is 19.9 Å². The maximum absolute atomic E-state index is 11.4. The number of non-ortho nitro benzene ring substituents is 1. The van der Waals surface area contributed by atoms with Gasteiger partial charge in [0.15, 0.2) is 6.10 Å². The van der Waals surface area contributed by atoms with Gasteiger partial charge in [-0.2, -0.15) is 0 Å². The Labute approximate surface area is 119 Å². The molecular formula is C13H14N2O6. The molecule has 3 N–H and O–H groups in total. The maximum atomic E-state index is 11.4. The van der Waals surface area contributed by atoms with Gasteiger partial charge in [0.05, 0.1) is 11.5 Å². The monoisotopic (exact) mass is 294 g/mol. The van der Waals surface area contributed by atoms with Crippen LogP contribution in [0.2, 0.25) is 0 Å². The Bertz CT molecular complexity index is 680. The van der Waals surface area contributed by atoms with E-state index in [1.54, 1.807) is 6.92 Å². The van der Waals surface area contributed by atoms with E-state index in [0.717, 1.165) is 0 Å². The quantitative estimate of drug-likeness (QED) is 0.429. The molecule has 8 nitrogen and oxygen atoms in total. The van der Waals surface area contributed by atoms with Crippen molar-refractivity contribution in [1.82, 2.24) is 4.98 Å². The molecule has 0 amide bonds. The predicted octanol–water partition coefficient (Wildman–Crippen LogP) is 1.03. The van der Waals surface area contributed by atoms with Crippen LogP contribution in [0.25, 0.3) is 10.9 Å². The number of ether oxygens (including phenoxy) is 1. The number of nitro groups is 1. The molecule has 0 saturated heterocycles. The van der Waals surface area contributed by atoms with Crippen molar-refractivity contribution in [2.24, 2.45) is 0 Å². The number of rotatable bonds is 5. The lowest BCUT2D eigenvalue weighted by Crippen LogP contribution is -2.29. The maximum Gasteiger partial charge on any atom is 0.338 e. The van der Waals surface area contributed by atoms with Gasteiger partial charge in [-0.1, -0.05) is 0 Å². The second-order valence-corrected chi connectivity index (χ2v) is 4.37. The van der Waals surface area contributed by atoms with Gasteiger partial charge in [-0.05, 0) is 13.0 Å². The van der Waals surface area contributed by atoms with Gasteiger partial charge in [-0.25, -0.2) is 4.79 Å². The van der Waals surface area contributed by atoms with E-state index >= 15 is 0 Å². The van der Waals surface area contributed by atoms with Crippen LogP contribution in [0, 0.1) is 10.1 Å². The summed E-state index contributed by atoms with van der Waals surface area (Å²) in [5.74, 6) is -0.954. The number of carbonyl (C=O) groups excluding carboxylic acids is 1. The molecule has 21 heavy (non-hydrogen) atoms. The zero-order valence-corrected chi connectivity index (χ0v) is 11.1. The highest BCUT2D eigenvalue weighted by Crippen LogP contribution is 2.29. The highest BCUT2D eigenvalue weighted by Gasteiger charge is 2.29. The third kappa shape index (κ3) is 2.86. The van der Waals surface area contributed by atoms with Gasteiger partial charge >= 0.3 is 5.97 Å². The summed E-state index contributed by atoms with van der Waals surface area (Å²) >= 11 is 0. The van der Waals surface area contributed by atoms with E-state index in [0.29, 0.717) is 10.9 Å². The summed E-state index contributed by atoms with van der Waals surface area (Å²) in [7, 11) is 0. The van der Waals surface area contributed by atoms with E-state index in [1.807, 2.05) is 0 Å². The molecule has 112 valence electrons. The third-order valence-corrected chi connectivity index (χ3v) is 3.05. The number of aromatic nitrogens is 1. The Morgan fingerprint density at radius 1 is 1.48 bits per heavy atom. The van der Waals surface area contributed by atoms with Crippen LogP contribution in [0.15, 0.2) is 24.4 Å². The first kappa shape index (κ1) is 14.9. The Balaban J connectivity index is 2.39. The van der Waals surface area contributed by atoms with Gasteiger partial charge in [0.1, 0.15) is 6.10 Å². The van der Waals surface area contributed by atoms with Crippen molar-refractivity contribution >= 4 is 22.6 Å². The van der Waals surface area contributed by atoms with Crippen molar-refractivity contribution in [2.45, 2.75) is 19.1 Å². The average Bonchev–Trinajstić information content (AvgIpc) is 2.88. The van der Waals surface area contributed by atoms with Gasteiger partial charge in [-0.15, -0.1) is 0 Å². The minimum atomic E-state index is -1.76. The molecule has 2 atom stereocenters. The number of aliphatic hydroxyl groups excluding tert-OH is 2. The van der Waals surface area contributed by atoms with Gasteiger partial charge in [0.25, 0.3) is 5.69 Å². The molecule has 0 saturated carbocycles. The zero-order valence-electron chi connectivity index (χ0n) is 11.1. The number of H-pyrrole nitrogens is 1. The summed E-state index contributed by atoms with van der Waals surface area (Å²) in [5.41, 5.74) is 0.584. The highest BCUT2D eigenvalue weighted by atomic mass is 16.6. The van der Waals surface area contributed by atoms with Crippen molar-refractivity contribution in [3.8, 4) is 0 Å². The molecule has 0 bridgehead atoms. The van der Waals surface area contributed by atoms with E-state index in [4.69, 9.17) is 0 Å². The number of hydrogen-bond acceptors (Lipinski definition) is 6. The molecule has 0 aliphatic carbocycles. The van der Waals surface area contributed by atoms with E-state index in [9.17, 15) is 25.1 Å². The molecular weight excluding hydrogens is 280 g/mol. The Kier molecular flexibility index (Phi) is 4.20. The summed E-state index contributed by atoms with van der Waals surface area (Å²) in [6, 6.07) is 4.07. The third-order valence-electron chi connectivity index (χ3n) is 3.05. The molecule has 2 unspecified atom stereocenters. The van der Waals surface area contributed by atoms with Crippen molar-refractivity contribution in [3.63, 3.8) is 0 Å². The van der Waals surface area contributed by atoms with Crippen LogP contribution in [0.3, 0.4) is 0 Å². The first-order valence-electron chi connectivity index (χ1n) is 6.24. The minimum absolute atomic E-state index is 0.0714. The molecule has 2 aromatic rings. The number of aliphatic hydroxyl groups is 2. The number of nitro benzene ring substituents is 1. The van der Waals surface area contributed by atoms with Crippen molar-refractivity contribution in [3.05, 3.63) is 40.1 Å². The van der Waals surface area contributed by atoms with E-state index in [-0.39, 0.29) is 17.9 Å². The lowest BCUT2D eigenvalue weighted by atomic mass is 10.0. The summed E-state index contributed by atoms with van der Waals surface area (Å²) in [6.45, 7) is 1.65. The van der Waals surface area contributed by atoms with Crippen LogP contribution in [0.4, 0.5) is 5.69 Å². The summed E-state index contributed by atoms with van der Waals surface area (Å²) < 4.78 is 4.63. The largest absolute Gasteiger partial charge is 0.464 e. The normalized spacial score (nSPS) is 13.9. The first-order valence-corrected chi connectivity index (χ1v) is 6.24. The highest BCUT2D eigenvalue weighted by molar-refractivity contribution is 5.87. The predicted molar refractivity (Wildman–Crippen MR) is 72.6 cm³/mol. The van der Waals surface area contributed by atoms with Gasteiger partial charge in [-0.3, -0.25) is 10.1 Å². The number of nitrogens with zero attached hydrogens (tertiary/aromatic N) is 1. The minimum Gasteiger partial charge on any atom is -0.464 e. The molecule has 0 spiro atoms. The number of fused-ring (bicyclic) bond motifs is 1. The fourth-order valence-electron chi connectivity index (χ4n) is 2.02. The molecule has 0 aliphatic rings. The molecule has 0 aliphatic heterocycles. The average molecular weight is 294 g/mol. The molecule has 1 aromatic carbocycles. The number of aromatic amines is 1. The van der Waals surface area contributed by atoms with Crippen LogP contribution >= 0.6 is 0 Å². The number of carbonyl (C=O) groups is 1. The molecule has 1 aromatic heterocycles. The SMILES string of the molecule is CCOC(=O)C(O)C(O)c1c[nH]c2ccc([N+](=O)[O-])cc12. The lowest BCUT2D eigenvalue weighted by molar-refractivity contribution is -0.384. The standard InChI is InChI=1S/C13H14N2O6/c1-2-21-13(18)12(17)11(16)9-6-14-10-4-3-7(15(19)20)5-8(9)10/h3-6,11-12,14,16-17H,2H2,1H3. The summed E-state index contributed by atoms with van der Waals surface area (Å²) in [4.78, 5) is 24.5. The van der Waals surface area contributed by atoms with Crippen LogP contribution in [0.5, 0.6) is 0 Å². The van der Waals surface area contributed by atoms with Crippen LogP contribution in [-0.2, 0) is 9.53 Å². The van der Waals surface area contributed by atoms with Gasteiger partial charge in [0.2, 0.25) is 0 Å². The molecule has 0 fully saturated rings. The molecule has 8 heteroatoms.